The van der Waals surface area contributed by atoms with Gasteiger partial charge in [0.15, 0.2) is 0 Å². The standard InChI is InChI=1S/C20H24N4O/c1-23-18-7-10-21-13-17(18)22-20(23)14-24-11-8-15(9-12-24)16-5-3-4-6-19(16)25-2/h3-7,10,13,15H,8-9,11-12,14H2,1-2H3. The second-order valence-corrected chi connectivity index (χ2v) is 6.74. The van der Waals surface area contributed by atoms with Crippen LogP contribution in [-0.2, 0) is 13.6 Å². The molecule has 25 heavy (non-hydrogen) atoms. The molecule has 130 valence electrons. The summed E-state index contributed by atoms with van der Waals surface area (Å²) in [6.07, 6.45) is 5.98. The summed E-state index contributed by atoms with van der Waals surface area (Å²) in [6, 6.07) is 10.4. The summed E-state index contributed by atoms with van der Waals surface area (Å²) in [6.45, 7) is 3.07. The SMILES string of the molecule is COc1ccccc1C1CCN(Cc2nc3cnccc3n2C)CC1. The van der Waals surface area contributed by atoms with Crippen molar-refractivity contribution in [2.75, 3.05) is 20.2 Å². The molecule has 0 N–H and O–H groups in total. The van der Waals surface area contributed by atoms with Crippen LogP contribution >= 0.6 is 0 Å². The van der Waals surface area contributed by atoms with Crippen LogP contribution in [0, 0.1) is 0 Å². The Balaban J connectivity index is 1.44. The zero-order valence-corrected chi connectivity index (χ0v) is 14.9. The Morgan fingerprint density at radius 2 is 1.96 bits per heavy atom. The summed E-state index contributed by atoms with van der Waals surface area (Å²) in [5.41, 5.74) is 3.47. The quantitative estimate of drug-likeness (QED) is 0.733. The van der Waals surface area contributed by atoms with Gasteiger partial charge < -0.3 is 9.30 Å². The smallest absolute Gasteiger partial charge is 0.123 e. The van der Waals surface area contributed by atoms with Gasteiger partial charge in [0, 0.05) is 13.2 Å². The van der Waals surface area contributed by atoms with Crippen molar-refractivity contribution in [3.05, 3.63) is 54.1 Å². The number of ether oxygens (including phenoxy) is 1. The Morgan fingerprint density at radius 3 is 2.72 bits per heavy atom. The van der Waals surface area contributed by atoms with Crippen LogP contribution in [0.5, 0.6) is 5.75 Å². The molecule has 0 spiro atoms. The van der Waals surface area contributed by atoms with Crippen LogP contribution in [0.15, 0.2) is 42.7 Å². The maximum absolute atomic E-state index is 5.54. The third kappa shape index (κ3) is 3.12. The Kier molecular flexibility index (Phi) is 4.40. The number of likely N-dealkylation sites (tertiary alicyclic amines) is 1. The molecule has 0 bridgehead atoms. The zero-order chi connectivity index (χ0) is 17.2. The normalized spacial score (nSPS) is 16.4. The lowest BCUT2D eigenvalue weighted by Gasteiger charge is -2.32. The molecule has 1 aliphatic rings. The van der Waals surface area contributed by atoms with Gasteiger partial charge in [0.2, 0.25) is 0 Å². The van der Waals surface area contributed by atoms with Gasteiger partial charge in [-0.3, -0.25) is 9.88 Å². The molecule has 4 rings (SSSR count). The van der Waals surface area contributed by atoms with E-state index in [1.165, 1.54) is 5.56 Å². The fraction of sp³-hybridized carbons (Fsp3) is 0.400. The van der Waals surface area contributed by atoms with E-state index in [0.29, 0.717) is 5.92 Å². The van der Waals surface area contributed by atoms with Crippen LogP contribution < -0.4 is 4.74 Å². The van der Waals surface area contributed by atoms with Crippen molar-refractivity contribution in [3.8, 4) is 5.75 Å². The summed E-state index contributed by atoms with van der Waals surface area (Å²) in [7, 11) is 3.85. The number of pyridine rings is 1. The van der Waals surface area contributed by atoms with Crippen LogP contribution in [0.2, 0.25) is 0 Å². The van der Waals surface area contributed by atoms with Gasteiger partial charge in [0.25, 0.3) is 0 Å². The van der Waals surface area contributed by atoms with Crippen molar-refractivity contribution in [1.82, 2.24) is 19.4 Å². The number of hydrogen-bond acceptors (Lipinski definition) is 4. The molecule has 0 aliphatic carbocycles. The number of aromatic nitrogens is 3. The summed E-state index contributed by atoms with van der Waals surface area (Å²) in [5.74, 6) is 2.71. The molecule has 0 saturated carbocycles. The number of nitrogens with zero attached hydrogens (tertiary/aromatic N) is 4. The first-order valence-electron chi connectivity index (χ1n) is 8.87. The summed E-state index contributed by atoms with van der Waals surface area (Å²) in [4.78, 5) is 11.4. The fourth-order valence-corrected chi connectivity index (χ4v) is 3.85. The first-order valence-corrected chi connectivity index (χ1v) is 8.87. The maximum atomic E-state index is 5.54. The van der Waals surface area contributed by atoms with Crippen molar-refractivity contribution in [1.29, 1.82) is 0 Å². The third-order valence-corrected chi connectivity index (χ3v) is 5.31. The lowest BCUT2D eigenvalue weighted by Crippen LogP contribution is -2.33. The van der Waals surface area contributed by atoms with Gasteiger partial charge in [-0.15, -0.1) is 0 Å². The topological polar surface area (TPSA) is 43.2 Å². The van der Waals surface area contributed by atoms with Crippen molar-refractivity contribution in [2.45, 2.75) is 25.3 Å². The average Bonchev–Trinajstić information content (AvgIpc) is 2.98. The molecule has 1 saturated heterocycles. The molecule has 0 unspecified atom stereocenters. The molecule has 5 heteroatoms. The van der Waals surface area contributed by atoms with Crippen LogP contribution in [0.25, 0.3) is 11.0 Å². The van der Waals surface area contributed by atoms with Gasteiger partial charge in [0.1, 0.15) is 17.1 Å². The van der Waals surface area contributed by atoms with Crippen LogP contribution in [-0.4, -0.2) is 39.6 Å². The van der Waals surface area contributed by atoms with Crippen molar-refractivity contribution in [3.63, 3.8) is 0 Å². The van der Waals surface area contributed by atoms with Crippen molar-refractivity contribution >= 4 is 11.0 Å². The minimum atomic E-state index is 0.581. The third-order valence-electron chi connectivity index (χ3n) is 5.31. The maximum Gasteiger partial charge on any atom is 0.123 e. The van der Waals surface area contributed by atoms with Gasteiger partial charge >= 0.3 is 0 Å². The first kappa shape index (κ1) is 16.1. The largest absolute Gasteiger partial charge is 0.496 e. The number of piperidine rings is 1. The number of rotatable bonds is 4. The minimum absolute atomic E-state index is 0.581. The summed E-state index contributed by atoms with van der Waals surface area (Å²) >= 11 is 0. The highest BCUT2D eigenvalue weighted by Crippen LogP contribution is 2.34. The number of para-hydroxylation sites is 1. The Morgan fingerprint density at radius 1 is 1.16 bits per heavy atom. The van der Waals surface area contributed by atoms with E-state index < -0.39 is 0 Å². The number of hydrogen-bond donors (Lipinski definition) is 0. The number of benzene rings is 1. The number of imidazole rings is 1. The molecule has 0 amide bonds. The lowest BCUT2D eigenvalue weighted by atomic mass is 9.89. The van der Waals surface area contributed by atoms with E-state index in [4.69, 9.17) is 9.72 Å². The molecule has 1 aliphatic heterocycles. The monoisotopic (exact) mass is 336 g/mol. The predicted molar refractivity (Wildman–Crippen MR) is 98.8 cm³/mol. The first-order chi connectivity index (χ1) is 12.3. The van der Waals surface area contributed by atoms with Crippen LogP contribution in [0.3, 0.4) is 0 Å². The van der Waals surface area contributed by atoms with E-state index >= 15 is 0 Å². The molecule has 0 atom stereocenters. The van der Waals surface area contributed by atoms with Crippen LogP contribution in [0.4, 0.5) is 0 Å². The average molecular weight is 336 g/mol. The van der Waals surface area contributed by atoms with Crippen LogP contribution in [0.1, 0.15) is 30.1 Å². The highest BCUT2D eigenvalue weighted by atomic mass is 16.5. The van der Waals surface area contributed by atoms with E-state index in [9.17, 15) is 0 Å². The number of aryl methyl sites for hydroxylation is 1. The van der Waals surface area contributed by atoms with Crippen molar-refractivity contribution < 1.29 is 4.74 Å². The minimum Gasteiger partial charge on any atom is -0.496 e. The Hall–Kier alpha value is -2.40. The highest BCUT2D eigenvalue weighted by molar-refractivity contribution is 5.74. The van der Waals surface area contributed by atoms with Crippen molar-refractivity contribution in [2.24, 2.45) is 7.05 Å². The van der Waals surface area contributed by atoms with Gasteiger partial charge in [0.05, 0.1) is 25.4 Å². The Bertz CT molecular complexity index is 865. The molecule has 2 aromatic heterocycles. The second-order valence-electron chi connectivity index (χ2n) is 6.74. The lowest BCUT2D eigenvalue weighted by molar-refractivity contribution is 0.197. The summed E-state index contributed by atoms with van der Waals surface area (Å²) < 4.78 is 7.72. The van der Waals surface area contributed by atoms with E-state index in [-0.39, 0.29) is 0 Å². The molecule has 5 nitrogen and oxygen atoms in total. The van der Waals surface area contributed by atoms with Gasteiger partial charge in [-0.25, -0.2) is 4.98 Å². The van der Waals surface area contributed by atoms with E-state index in [1.807, 2.05) is 24.5 Å². The number of methoxy groups -OCH3 is 1. The molecular formula is C20H24N4O. The molecule has 3 aromatic rings. The molecule has 3 heterocycles. The molecule has 0 radical (unpaired) electrons. The van der Waals surface area contributed by atoms with E-state index in [1.54, 1.807) is 7.11 Å². The molecular weight excluding hydrogens is 312 g/mol. The molecule has 1 aromatic carbocycles. The van der Waals surface area contributed by atoms with Gasteiger partial charge in [-0.2, -0.15) is 0 Å². The van der Waals surface area contributed by atoms with E-state index in [0.717, 1.165) is 55.1 Å². The summed E-state index contributed by atoms with van der Waals surface area (Å²) in [5, 5.41) is 0. The second kappa shape index (κ2) is 6.84. The predicted octanol–water partition coefficient (Wildman–Crippen LogP) is 3.36. The van der Waals surface area contributed by atoms with Gasteiger partial charge in [-0.05, 0) is 49.5 Å². The van der Waals surface area contributed by atoms with Gasteiger partial charge in [-0.1, -0.05) is 18.2 Å². The molecule has 1 fully saturated rings. The highest BCUT2D eigenvalue weighted by Gasteiger charge is 2.23. The fourth-order valence-electron chi connectivity index (χ4n) is 3.85. The van der Waals surface area contributed by atoms with E-state index in [2.05, 4.69) is 39.7 Å². The Labute approximate surface area is 148 Å². The number of fused-ring (bicyclic) bond motifs is 1. The zero-order valence-electron chi connectivity index (χ0n) is 14.9.